The van der Waals surface area contributed by atoms with Gasteiger partial charge in [0.25, 0.3) is 0 Å². The van der Waals surface area contributed by atoms with Crippen LogP contribution in [0.2, 0.25) is 0 Å². The molecule has 2 aliphatic rings. The van der Waals surface area contributed by atoms with Crippen LogP contribution in [-0.4, -0.2) is 43.6 Å². The summed E-state index contributed by atoms with van der Waals surface area (Å²) in [6, 6.07) is 15.2. The molecule has 3 amide bonds. The predicted molar refractivity (Wildman–Crippen MR) is 104 cm³/mol. The van der Waals surface area contributed by atoms with Crippen molar-refractivity contribution in [2.75, 3.05) is 36.5 Å². The fourth-order valence-corrected chi connectivity index (χ4v) is 3.42. The highest BCUT2D eigenvalue weighted by atomic mass is 16.5. The van der Waals surface area contributed by atoms with Gasteiger partial charge in [-0.15, -0.1) is 0 Å². The highest BCUT2D eigenvalue weighted by Gasteiger charge is 2.33. The zero-order chi connectivity index (χ0) is 18.8. The molecule has 2 saturated heterocycles. The second-order valence-electron chi connectivity index (χ2n) is 6.87. The SMILES string of the molecule is COc1ccc(CN2C(=O)CCN(c3ccc(N4CCC4)cc3)C2=O)cc1. The Labute approximate surface area is 158 Å². The normalized spacial score (nSPS) is 17.1. The van der Waals surface area contributed by atoms with Crippen molar-refractivity contribution in [2.45, 2.75) is 19.4 Å². The van der Waals surface area contributed by atoms with Crippen LogP contribution in [0.3, 0.4) is 0 Å². The standard InChI is InChI=1S/C21H23N3O3/c1-27-19-9-3-16(4-10-19)15-24-20(25)11-14-23(21(24)26)18-7-5-17(6-8-18)22-12-2-13-22/h3-10H,2,11-15H2,1H3. The first-order valence-electron chi connectivity index (χ1n) is 9.25. The summed E-state index contributed by atoms with van der Waals surface area (Å²) in [6.07, 6.45) is 1.56. The molecule has 6 nitrogen and oxygen atoms in total. The van der Waals surface area contributed by atoms with Gasteiger partial charge in [0.2, 0.25) is 5.91 Å². The molecular formula is C21H23N3O3. The lowest BCUT2D eigenvalue weighted by atomic mass is 10.1. The number of ether oxygens (including phenoxy) is 1. The summed E-state index contributed by atoms with van der Waals surface area (Å²) >= 11 is 0. The van der Waals surface area contributed by atoms with E-state index in [0.29, 0.717) is 13.0 Å². The van der Waals surface area contributed by atoms with E-state index in [1.54, 1.807) is 12.0 Å². The Hall–Kier alpha value is -3.02. The van der Waals surface area contributed by atoms with Gasteiger partial charge in [-0.25, -0.2) is 4.79 Å². The molecular weight excluding hydrogens is 342 g/mol. The smallest absolute Gasteiger partial charge is 0.331 e. The van der Waals surface area contributed by atoms with Crippen LogP contribution in [0.1, 0.15) is 18.4 Å². The monoisotopic (exact) mass is 365 g/mol. The zero-order valence-corrected chi connectivity index (χ0v) is 15.4. The summed E-state index contributed by atoms with van der Waals surface area (Å²) in [5.74, 6) is 0.614. The van der Waals surface area contributed by atoms with Crippen molar-refractivity contribution >= 4 is 23.3 Å². The van der Waals surface area contributed by atoms with Gasteiger partial charge >= 0.3 is 6.03 Å². The van der Waals surface area contributed by atoms with Crippen molar-refractivity contribution in [3.8, 4) is 5.75 Å². The average Bonchev–Trinajstić information content (AvgIpc) is 2.65. The summed E-state index contributed by atoms with van der Waals surface area (Å²) in [6.45, 7) is 2.86. The number of anilines is 2. The van der Waals surface area contributed by atoms with Gasteiger partial charge in [-0.3, -0.25) is 14.6 Å². The fraction of sp³-hybridized carbons (Fsp3) is 0.333. The lowest BCUT2D eigenvalue weighted by molar-refractivity contribution is -0.129. The number of imide groups is 1. The van der Waals surface area contributed by atoms with Crippen molar-refractivity contribution in [3.05, 3.63) is 54.1 Å². The van der Waals surface area contributed by atoms with Crippen molar-refractivity contribution in [1.82, 2.24) is 4.90 Å². The number of benzene rings is 2. The highest BCUT2D eigenvalue weighted by molar-refractivity contribution is 6.05. The Bertz CT molecular complexity index is 829. The number of methoxy groups -OCH3 is 1. The first kappa shape index (κ1) is 17.4. The topological polar surface area (TPSA) is 53.1 Å². The highest BCUT2D eigenvalue weighted by Crippen LogP contribution is 2.27. The summed E-state index contributed by atoms with van der Waals surface area (Å²) in [7, 11) is 1.61. The Morgan fingerprint density at radius 3 is 2.15 bits per heavy atom. The molecule has 4 rings (SSSR count). The quantitative estimate of drug-likeness (QED) is 0.816. The molecule has 0 atom stereocenters. The maximum atomic E-state index is 12.9. The Morgan fingerprint density at radius 1 is 0.889 bits per heavy atom. The molecule has 2 fully saturated rings. The molecule has 27 heavy (non-hydrogen) atoms. The van der Waals surface area contributed by atoms with E-state index in [-0.39, 0.29) is 18.5 Å². The molecule has 6 heteroatoms. The summed E-state index contributed by atoms with van der Waals surface area (Å²) in [4.78, 5) is 30.6. The Kier molecular flexibility index (Phi) is 4.71. The van der Waals surface area contributed by atoms with Crippen LogP contribution in [-0.2, 0) is 11.3 Å². The van der Waals surface area contributed by atoms with E-state index >= 15 is 0 Å². The van der Waals surface area contributed by atoms with E-state index in [2.05, 4.69) is 4.90 Å². The van der Waals surface area contributed by atoms with Crippen molar-refractivity contribution in [3.63, 3.8) is 0 Å². The summed E-state index contributed by atoms with van der Waals surface area (Å²) in [5.41, 5.74) is 2.91. The second kappa shape index (κ2) is 7.31. The van der Waals surface area contributed by atoms with E-state index in [0.717, 1.165) is 30.1 Å². The number of hydrogen-bond donors (Lipinski definition) is 0. The van der Waals surface area contributed by atoms with Gasteiger partial charge in [-0.1, -0.05) is 12.1 Å². The van der Waals surface area contributed by atoms with Crippen molar-refractivity contribution < 1.29 is 14.3 Å². The maximum absolute atomic E-state index is 12.9. The summed E-state index contributed by atoms with van der Waals surface area (Å²) in [5, 5.41) is 0. The predicted octanol–water partition coefficient (Wildman–Crippen LogP) is 3.26. The molecule has 2 aromatic carbocycles. The largest absolute Gasteiger partial charge is 0.497 e. The minimum Gasteiger partial charge on any atom is -0.497 e. The minimum absolute atomic E-state index is 0.135. The van der Waals surface area contributed by atoms with Gasteiger partial charge in [0.15, 0.2) is 0 Å². The van der Waals surface area contributed by atoms with E-state index in [1.165, 1.54) is 17.0 Å². The minimum atomic E-state index is -0.265. The van der Waals surface area contributed by atoms with Gasteiger partial charge < -0.3 is 9.64 Å². The van der Waals surface area contributed by atoms with Gasteiger partial charge in [0.05, 0.1) is 13.7 Å². The van der Waals surface area contributed by atoms with Crippen LogP contribution in [0.25, 0.3) is 0 Å². The molecule has 0 N–H and O–H groups in total. The van der Waals surface area contributed by atoms with E-state index in [1.807, 2.05) is 48.5 Å². The third kappa shape index (κ3) is 3.47. The number of carbonyl (C=O) groups is 2. The second-order valence-corrected chi connectivity index (χ2v) is 6.87. The fourth-order valence-electron chi connectivity index (χ4n) is 3.42. The van der Waals surface area contributed by atoms with Crippen molar-refractivity contribution in [2.24, 2.45) is 0 Å². The van der Waals surface area contributed by atoms with Crippen LogP contribution < -0.4 is 14.5 Å². The Balaban J connectivity index is 1.49. The van der Waals surface area contributed by atoms with Gasteiger partial charge in [-0.2, -0.15) is 0 Å². The van der Waals surface area contributed by atoms with E-state index in [9.17, 15) is 9.59 Å². The molecule has 2 aliphatic heterocycles. The third-order valence-electron chi connectivity index (χ3n) is 5.19. The van der Waals surface area contributed by atoms with E-state index < -0.39 is 0 Å². The number of hydrogen-bond acceptors (Lipinski definition) is 4. The van der Waals surface area contributed by atoms with Crippen LogP contribution in [0.4, 0.5) is 16.2 Å². The van der Waals surface area contributed by atoms with Crippen molar-refractivity contribution in [1.29, 1.82) is 0 Å². The first-order valence-corrected chi connectivity index (χ1v) is 9.25. The average molecular weight is 365 g/mol. The number of urea groups is 1. The molecule has 0 aliphatic carbocycles. The lowest BCUT2D eigenvalue weighted by Crippen LogP contribution is -2.52. The molecule has 0 bridgehead atoms. The van der Waals surface area contributed by atoms with Gasteiger partial charge in [-0.05, 0) is 48.4 Å². The van der Waals surface area contributed by atoms with Crippen LogP contribution in [0.5, 0.6) is 5.75 Å². The zero-order valence-electron chi connectivity index (χ0n) is 15.4. The Morgan fingerprint density at radius 2 is 1.56 bits per heavy atom. The third-order valence-corrected chi connectivity index (χ3v) is 5.19. The number of nitrogens with zero attached hydrogens (tertiary/aromatic N) is 3. The maximum Gasteiger partial charge on any atom is 0.331 e. The van der Waals surface area contributed by atoms with Crippen LogP contribution in [0, 0.1) is 0 Å². The van der Waals surface area contributed by atoms with Crippen LogP contribution >= 0.6 is 0 Å². The van der Waals surface area contributed by atoms with Gasteiger partial charge in [0, 0.05) is 37.4 Å². The molecule has 0 spiro atoms. The van der Waals surface area contributed by atoms with E-state index in [4.69, 9.17) is 4.74 Å². The molecule has 0 saturated carbocycles. The number of amides is 3. The molecule has 0 radical (unpaired) electrons. The molecule has 2 heterocycles. The van der Waals surface area contributed by atoms with Gasteiger partial charge in [0.1, 0.15) is 5.75 Å². The number of rotatable bonds is 5. The van der Waals surface area contributed by atoms with Crippen LogP contribution in [0.15, 0.2) is 48.5 Å². The number of carbonyl (C=O) groups excluding carboxylic acids is 2. The summed E-state index contributed by atoms with van der Waals surface area (Å²) < 4.78 is 5.16. The molecule has 140 valence electrons. The first-order chi connectivity index (χ1) is 13.2. The molecule has 0 unspecified atom stereocenters. The molecule has 2 aromatic rings. The molecule has 0 aromatic heterocycles. The lowest BCUT2D eigenvalue weighted by Gasteiger charge is -2.35.